The first-order chi connectivity index (χ1) is 11.5. The van der Waals surface area contributed by atoms with Gasteiger partial charge in [0.1, 0.15) is 0 Å². The highest BCUT2D eigenvalue weighted by Gasteiger charge is 2.30. The maximum Gasteiger partial charge on any atom is 0.234 e. The highest BCUT2D eigenvalue weighted by atomic mass is 32.2. The number of amides is 2. The number of carbonyl (C=O) groups excluding carboxylic acids is 2. The minimum atomic E-state index is -0.00861. The minimum Gasteiger partial charge on any atom is -0.358 e. The normalized spacial score (nSPS) is 21.3. The second kappa shape index (κ2) is 7.57. The molecule has 1 saturated heterocycles. The van der Waals surface area contributed by atoms with Gasteiger partial charge in [0.2, 0.25) is 11.8 Å². The van der Waals surface area contributed by atoms with Crippen LogP contribution in [-0.2, 0) is 16.0 Å². The molecule has 2 aliphatic rings. The van der Waals surface area contributed by atoms with Crippen molar-refractivity contribution in [3.8, 4) is 0 Å². The number of benzene rings is 1. The zero-order valence-corrected chi connectivity index (χ0v) is 15.1. The molecule has 1 fully saturated rings. The molecule has 0 bridgehead atoms. The number of nitrogens with zero attached hydrogens (tertiary/aromatic N) is 1. The largest absolute Gasteiger partial charge is 0.358 e. The van der Waals surface area contributed by atoms with E-state index in [-0.39, 0.29) is 23.1 Å². The van der Waals surface area contributed by atoms with Crippen LogP contribution in [0.25, 0.3) is 0 Å². The summed E-state index contributed by atoms with van der Waals surface area (Å²) in [5.74, 6) is 0.200. The van der Waals surface area contributed by atoms with Crippen LogP contribution in [0.5, 0.6) is 0 Å². The predicted octanol–water partition coefficient (Wildman–Crippen LogP) is 1.34. The molecular weight excluding hydrogens is 322 g/mol. The van der Waals surface area contributed by atoms with Gasteiger partial charge in [0.15, 0.2) is 0 Å². The van der Waals surface area contributed by atoms with Gasteiger partial charge in [-0.25, -0.2) is 0 Å². The van der Waals surface area contributed by atoms with E-state index in [4.69, 9.17) is 0 Å². The van der Waals surface area contributed by atoms with Crippen molar-refractivity contribution < 1.29 is 9.59 Å². The molecule has 24 heavy (non-hydrogen) atoms. The van der Waals surface area contributed by atoms with Gasteiger partial charge in [-0.15, -0.1) is 11.8 Å². The van der Waals surface area contributed by atoms with E-state index in [1.807, 2.05) is 0 Å². The lowest BCUT2D eigenvalue weighted by molar-refractivity contribution is -0.123. The number of likely N-dealkylation sites (N-methyl/N-ethyl adjacent to an activating group) is 1. The van der Waals surface area contributed by atoms with Crippen molar-refractivity contribution in [2.24, 2.45) is 0 Å². The molecule has 2 amide bonds. The second-order valence-corrected chi connectivity index (χ2v) is 7.90. The van der Waals surface area contributed by atoms with Crippen LogP contribution in [0.4, 0.5) is 0 Å². The van der Waals surface area contributed by atoms with Crippen molar-refractivity contribution in [1.82, 2.24) is 15.5 Å². The fourth-order valence-electron chi connectivity index (χ4n) is 3.29. The molecule has 2 heterocycles. The minimum absolute atomic E-state index is 0.00861. The molecule has 0 aromatic heterocycles. The monoisotopic (exact) mass is 347 g/mol. The summed E-state index contributed by atoms with van der Waals surface area (Å²) < 4.78 is 0. The SMILES string of the molecule is CNC(=O)CN1CCC(NC(=O)[C@@H]2Cc3ccc(C)cc3S2)CC1. The lowest BCUT2D eigenvalue weighted by Crippen LogP contribution is -2.48. The van der Waals surface area contributed by atoms with Crippen molar-refractivity contribution in [1.29, 1.82) is 0 Å². The Morgan fingerprint density at radius 1 is 1.29 bits per heavy atom. The number of aryl methyl sites for hydroxylation is 1. The molecule has 3 rings (SSSR count). The molecule has 0 aliphatic carbocycles. The Kier molecular flexibility index (Phi) is 5.46. The molecular formula is C18H25N3O2S. The number of hydrogen-bond donors (Lipinski definition) is 2. The number of likely N-dealkylation sites (tertiary alicyclic amines) is 1. The molecule has 2 N–H and O–H groups in total. The Balaban J connectivity index is 1.46. The first-order valence-electron chi connectivity index (χ1n) is 8.54. The first-order valence-corrected chi connectivity index (χ1v) is 9.42. The summed E-state index contributed by atoms with van der Waals surface area (Å²) in [6.07, 6.45) is 2.64. The lowest BCUT2D eigenvalue weighted by atomic mass is 10.0. The molecule has 1 aromatic rings. The quantitative estimate of drug-likeness (QED) is 0.863. The van der Waals surface area contributed by atoms with E-state index in [1.54, 1.807) is 18.8 Å². The van der Waals surface area contributed by atoms with Crippen LogP contribution in [0.1, 0.15) is 24.0 Å². The van der Waals surface area contributed by atoms with Crippen LogP contribution in [-0.4, -0.2) is 54.7 Å². The van der Waals surface area contributed by atoms with Gasteiger partial charge in [-0.2, -0.15) is 0 Å². The van der Waals surface area contributed by atoms with Gasteiger partial charge >= 0.3 is 0 Å². The summed E-state index contributed by atoms with van der Waals surface area (Å²) in [6, 6.07) is 6.65. The maximum atomic E-state index is 12.6. The molecule has 0 saturated carbocycles. The van der Waals surface area contributed by atoms with Crippen LogP contribution in [0.15, 0.2) is 23.1 Å². The predicted molar refractivity (Wildman–Crippen MR) is 96.2 cm³/mol. The standard InChI is InChI=1S/C18H25N3O2S/c1-12-3-4-13-10-16(24-15(13)9-12)18(23)20-14-5-7-21(8-6-14)11-17(22)19-2/h3-4,9,14,16H,5-8,10-11H2,1-2H3,(H,19,22)(H,20,23)/t16-/m0/s1. The summed E-state index contributed by atoms with van der Waals surface area (Å²) in [4.78, 5) is 27.4. The van der Waals surface area contributed by atoms with Crippen LogP contribution < -0.4 is 10.6 Å². The molecule has 1 atom stereocenters. The number of nitrogens with one attached hydrogen (secondary N) is 2. The Hall–Kier alpha value is -1.53. The van der Waals surface area contributed by atoms with E-state index in [9.17, 15) is 9.59 Å². The molecule has 6 heteroatoms. The number of thioether (sulfide) groups is 1. The smallest absolute Gasteiger partial charge is 0.234 e. The second-order valence-electron chi connectivity index (χ2n) is 6.65. The third-order valence-electron chi connectivity index (χ3n) is 4.77. The van der Waals surface area contributed by atoms with Gasteiger partial charge in [-0.05, 0) is 37.8 Å². The number of fused-ring (bicyclic) bond motifs is 1. The highest BCUT2D eigenvalue weighted by molar-refractivity contribution is 8.01. The van der Waals surface area contributed by atoms with Crippen molar-refractivity contribution in [2.45, 2.75) is 42.4 Å². The van der Waals surface area contributed by atoms with E-state index < -0.39 is 0 Å². The summed E-state index contributed by atoms with van der Waals surface area (Å²) in [5, 5.41) is 5.85. The van der Waals surface area contributed by atoms with Crippen LogP contribution >= 0.6 is 11.8 Å². The number of rotatable bonds is 4. The van der Waals surface area contributed by atoms with Gasteiger partial charge in [-0.3, -0.25) is 14.5 Å². The van der Waals surface area contributed by atoms with E-state index in [1.165, 1.54) is 16.0 Å². The molecule has 2 aliphatic heterocycles. The Labute approximate surface area is 147 Å². The number of hydrogen-bond acceptors (Lipinski definition) is 4. The molecule has 0 unspecified atom stereocenters. The van der Waals surface area contributed by atoms with Crippen molar-refractivity contribution in [2.75, 3.05) is 26.7 Å². The Morgan fingerprint density at radius 2 is 2.04 bits per heavy atom. The Morgan fingerprint density at radius 3 is 2.75 bits per heavy atom. The van der Waals surface area contributed by atoms with Gasteiger partial charge < -0.3 is 10.6 Å². The summed E-state index contributed by atoms with van der Waals surface area (Å²) in [5.41, 5.74) is 2.52. The zero-order valence-electron chi connectivity index (χ0n) is 14.3. The van der Waals surface area contributed by atoms with Crippen molar-refractivity contribution in [3.05, 3.63) is 29.3 Å². The van der Waals surface area contributed by atoms with E-state index in [0.717, 1.165) is 32.4 Å². The molecule has 130 valence electrons. The van der Waals surface area contributed by atoms with Crippen molar-refractivity contribution >= 4 is 23.6 Å². The van der Waals surface area contributed by atoms with Gasteiger partial charge in [0, 0.05) is 31.1 Å². The van der Waals surface area contributed by atoms with E-state index in [2.05, 4.69) is 40.7 Å². The third kappa shape index (κ3) is 4.11. The summed E-state index contributed by atoms with van der Waals surface area (Å²) in [7, 11) is 1.66. The Bertz CT molecular complexity index is 627. The average molecular weight is 347 g/mol. The summed E-state index contributed by atoms with van der Waals surface area (Å²) in [6.45, 7) is 4.25. The van der Waals surface area contributed by atoms with Crippen molar-refractivity contribution in [3.63, 3.8) is 0 Å². The molecule has 1 aromatic carbocycles. The van der Waals surface area contributed by atoms with E-state index in [0.29, 0.717) is 6.54 Å². The fourth-order valence-corrected chi connectivity index (χ4v) is 4.59. The molecule has 0 spiro atoms. The van der Waals surface area contributed by atoms with Crippen LogP contribution in [0.3, 0.4) is 0 Å². The topological polar surface area (TPSA) is 61.4 Å². The van der Waals surface area contributed by atoms with E-state index >= 15 is 0 Å². The van der Waals surface area contributed by atoms with Gasteiger partial charge in [-0.1, -0.05) is 17.7 Å². The van der Waals surface area contributed by atoms with Gasteiger partial charge in [0.25, 0.3) is 0 Å². The maximum absolute atomic E-state index is 12.6. The van der Waals surface area contributed by atoms with Gasteiger partial charge in [0.05, 0.1) is 11.8 Å². The third-order valence-corrected chi connectivity index (χ3v) is 6.07. The fraction of sp³-hybridized carbons (Fsp3) is 0.556. The number of piperidine rings is 1. The summed E-state index contributed by atoms with van der Waals surface area (Å²) >= 11 is 1.68. The molecule has 0 radical (unpaired) electrons. The molecule has 5 nitrogen and oxygen atoms in total. The lowest BCUT2D eigenvalue weighted by Gasteiger charge is -2.32. The number of carbonyl (C=O) groups is 2. The van der Waals surface area contributed by atoms with Crippen LogP contribution in [0, 0.1) is 6.92 Å². The first kappa shape index (κ1) is 17.3. The van der Waals surface area contributed by atoms with Crippen LogP contribution in [0.2, 0.25) is 0 Å². The average Bonchev–Trinajstić information content (AvgIpc) is 2.99. The zero-order chi connectivity index (χ0) is 17.1. The highest BCUT2D eigenvalue weighted by Crippen LogP contribution is 2.37.